The van der Waals surface area contributed by atoms with Gasteiger partial charge in [-0.1, -0.05) is 36.4 Å². The average molecular weight is 603 g/mol. The summed E-state index contributed by atoms with van der Waals surface area (Å²) in [5.41, 5.74) is 1.77. The largest absolute Gasteiger partial charge is 0.494 e. The van der Waals surface area contributed by atoms with E-state index >= 15 is 0 Å². The van der Waals surface area contributed by atoms with E-state index in [9.17, 15) is 22.4 Å². The molecule has 0 aliphatic rings. The number of nitrogens with zero attached hydrogens (tertiary/aromatic N) is 4. The van der Waals surface area contributed by atoms with Crippen LogP contribution in [0.5, 0.6) is 5.75 Å². The van der Waals surface area contributed by atoms with Crippen LogP contribution in [0, 0.1) is 5.82 Å². The van der Waals surface area contributed by atoms with Gasteiger partial charge in [-0.05, 0) is 73.5 Å². The second kappa shape index (κ2) is 13.1. The molecule has 2 heterocycles. The van der Waals surface area contributed by atoms with Gasteiger partial charge in [-0.2, -0.15) is 13.2 Å². The van der Waals surface area contributed by atoms with E-state index in [1.807, 2.05) is 79.2 Å². The van der Waals surface area contributed by atoms with Crippen molar-refractivity contribution in [2.45, 2.75) is 39.0 Å². The van der Waals surface area contributed by atoms with Gasteiger partial charge in [0, 0.05) is 36.4 Å². The second-order valence-electron chi connectivity index (χ2n) is 10.2. The van der Waals surface area contributed by atoms with Crippen LogP contribution in [0.2, 0.25) is 0 Å². The SMILES string of the molecule is CCOc1ccc(-n2cc(-c3ccccc3)nc2[C@@H](C)N(Cc2ccncc2)C(=O)Cc2ccc(F)c(C(F)(F)F)c2)cc1. The predicted molar refractivity (Wildman–Crippen MR) is 158 cm³/mol. The highest BCUT2D eigenvalue weighted by Gasteiger charge is 2.35. The number of ether oxygens (including phenoxy) is 1. The zero-order chi connectivity index (χ0) is 31.3. The van der Waals surface area contributed by atoms with Crippen LogP contribution in [-0.4, -0.2) is 31.9 Å². The first kappa shape index (κ1) is 30.5. The van der Waals surface area contributed by atoms with Crippen LogP contribution < -0.4 is 4.74 Å². The summed E-state index contributed by atoms with van der Waals surface area (Å²) in [6.07, 6.45) is -0.154. The Morgan fingerprint density at radius 1 is 0.955 bits per heavy atom. The molecule has 0 aliphatic heterocycles. The molecule has 10 heteroatoms. The summed E-state index contributed by atoms with van der Waals surface area (Å²) >= 11 is 0. The van der Waals surface area contributed by atoms with Gasteiger partial charge in [0.15, 0.2) is 0 Å². The van der Waals surface area contributed by atoms with Gasteiger partial charge in [0.25, 0.3) is 0 Å². The molecule has 0 radical (unpaired) electrons. The number of carbonyl (C=O) groups excluding carboxylic acids is 1. The van der Waals surface area contributed by atoms with Gasteiger partial charge in [0.1, 0.15) is 17.4 Å². The molecule has 0 fully saturated rings. The molecule has 0 aliphatic carbocycles. The highest BCUT2D eigenvalue weighted by molar-refractivity contribution is 5.79. The molecule has 0 saturated heterocycles. The number of hydrogen-bond donors (Lipinski definition) is 0. The standard InChI is InChI=1S/C34H30F4N4O2/c1-3-44-28-12-10-27(11-13-28)42-22-31(26-7-5-4-6-8-26)40-33(42)23(2)41(21-24-15-17-39-18-16-24)32(43)20-25-9-14-30(35)29(19-25)34(36,37)38/h4-19,22-23H,3,20-21H2,1-2H3/t23-/m1/s1. The zero-order valence-corrected chi connectivity index (χ0v) is 24.1. The third-order valence-electron chi connectivity index (χ3n) is 7.18. The summed E-state index contributed by atoms with van der Waals surface area (Å²) in [7, 11) is 0. The number of pyridine rings is 1. The summed E-state index contributed by atoms with van der Waals surface area (Å²) in [6.45, 7) is 4.40. The maximum Gasteiger partial charge on any atom is 0.419 e. The highest BCUT2D eigenvalue weighted by Crippen LogP contribution is 2.33. The van der Waals surface area contributed by atoms with Gasteiger partial charge < -0.3 is 14.2 Å². The number of alkyl halides is 3. The maximum atomic E-state index is 14.0. The average Bonchev–Trinajstić information content (AvgIpc) is 3.47. The third-order valence-corrected chi connectivity index (χ3v) is 7.18. The number of amides is 1. The van der Waals surface area contributed by atoms with E-state index in [-0.39, 0.29) is 18.5 Å². The zero-order valence-electron chi connectivity index (χ0n) is 24.1. The minimum Gasteiger partial charge on any atom is -0.494 e. The van der Waals surface area contributed by atoms with Crippen molar-refractivity contribution in [2.75, 3.05) is 6.61 Å². The molecule has 5 rings (SSSR count). The molecule has 2 aromatic heterocycles. The lowest BCUT2D eigenvalue weighted by molar-refractivity contribution is -0.140. The van der Waals surface area contributed by atoms with Crippen LogP contribution >= 0.6 is 0 Å². The van der Waals surface area contributed by atoms with E-state index in [1.165, 1.54) is 6.07 Å². The Morgan fingerprint density at radius 2 is 1.66 bits per heavy atom. The number of imidazole rings is 1. The van der Waals surface area contributed by atoms with Gasteiger partial charge in [0.05, 0.1) is 30.3 Å². The number of halogens is 4. The molecular formula is C34H30F4N4O2. The van der Waals surface area contributed by atoms with Crippen molar-refractivity contribution in [2.24, 2.45) is 0 Å². The van der Waals surface area contributed by atoms with Crippen molar-refractivity contribution in [3.63, 3.8) is 0 Å². The number of rotatable bonds is 10. The highest BCUT2D eigenvalue weighted by atomic mass is 19.4. The van der Waals surface area contributed by atoms with E-state index in [0.717, 1.165) is 22.9 Å². The molecule has 0 unspecified atom stereocenters. The molecule has 1 amide bonds. The van der Waals surface area contributed by atoms with Crippen molar-refractivity contribution in [3.8, 4) is 22.7 Å². The lowest BCUT2D eigenvalue weighted by atomic mass is 10.1. The molecule has 1 atom stereocenters. The van der Waals surface area contributed by atoms with E-state index in [1.54, 1.807) is 29.4 Å². The number of hydrogen-bond acceptors (Lipinski definition) is 4. The lowest BCUT2D eigenvalue weighted by Crippen LogP contribution is -2.35. The number of aromatic nitrogens is 3. The van der Waals surface area contributed by atoms with Gasteiger partial charge in [0.2, 0.25) is 5.91 Å². The van der Waals surface area contributed by atoms with Crippen LogP contribution in [0.1, 0.15) is 42.4 Å². The topological polar surface area (TPSA) is 60.2 Å². The normalized spacial score (nSPS) is 12.1. The Balaban J connectivity index is 1.56. The molecule has 0 saturated carbocycles. The summed E-state index contributed by atoms with van der Waals surface area (Å²) in [6, 6.07) is 22.6. The maximum absolute atomic E-state index is 14.0. The first-order valence-corrected chi connectivity index (χ1v) is 14.1. The molecule has 0 N–H and O–H groups in total. The minimum atomic E-state index is -4.89. The quantitative estimate of drug-likeness (QED) is 0.153. The first-order chi connectivity index (χ1) is 21.1. The second-order valence-corrected chi connectivity index (χ2v) is 10.2. The minimum absolute atomic E-state index is 0.0514. The fourth-order valence-corrected chi connectivity index (χ4v) is 4.95. The molecule has 6 nitrogen and oxygen atoms in total. The van der Waals surface area contributed by atoms with Crippen LogP contribution in [0.15, 0.2) is 104 Å². The van der Waals surface area contributed by atoms with Gasteiger partial charge in [-0.15, -0.1) is 0 Å². The van der Waals surface area contributed by atoms with Gasteiger partial charge in [-0.25, -0.2) is 9.37 Å². The van der Waals surface area contributed by atoms with Crippen LogP contribution in [0.4, 0.5) is 17.6 Å². The van der Waals surface area contributed by atoms with Crippen molar-refractivity contribution >= 4 is 5.91 Å². The van der Waals surface area contributed by atoms with Crippen molar-refractivity contribution in [3.05, 3.63) is 132 Å². The fourth-order valence-electron chi connectivity index (χ4n) is 4.95. The number of carbonyl (C=O) groups is 1. The third kappa shape index (κ3) is 6.96. The summed E-state index contributed by atoms with van der Waals surface area (Å²) in [5.74, 6) is -0.579. The van der Waals surface area contributed by atoms with Crippen LogP contribution in [0.3, 0.4) is 0 Å². The molecule has 3 aromatic carbocycles. The van der Waals surface area contributed by atoms with E-state index in [4.69, 9.17) is 9.72 Å². The van der Waals surface area contributed by atoms with Gasteiger partial charge >= 0.3 is 6.18 Å². The van der Waals surface area contributed by atoms with Gasteiger partial charge in [-0.3, -0.25) is 9.78 Å². The summed E-state index contributed by atoms with van der Waals surface area (Å²) in [5, 5.41) is 0. The molecule has 44 heavy (non-hydrogen) atoms. The summed E-state index contributed by atoms with van der Waals surface area (Å²) < 4.78 is 61.7. The van der Waals surface area contributed by atoms with E-state index in [2.05, 4.69) is 4.98 Å². The molecule has 0 spiro atoms. The molecule has 5 aromatic rings. The molecular weight excluding hydrogens is 572 g/mol. The fraction of sp³-hybridized carbons (Fsp3) is 0.206. The van der Waals surface area contributed by atoms with Crippen molar-refractivity contribution in [1.82, 2.24) is 19.4 Å². The smallest absolute Gasteiger partial charge is 0.419 e. The monoisotopic (exact) mass is 602 g/mol. The van der Waals surface area contributed by atoms with Crippen molar-refractivity contribution < 1.29 is 27.1 Å². The Morgan fingerprint density at radius 3 is 2.32 bits per heavy atom. The summed E-state index contributed by atoms with van der Waals surface area (Å²) in [4.78, 5) is 24.5. The Hall–Kier alpha value is -4.99. The van der Waals surface area contributed by atoms with Crippen molar-refractivity contribution in [1.29, 1.82) is 0 Å². The Labute approximate surface area is 252 Å². The Bertz CT molecular complexity index is 1710. The number of benzene rings is 3. The lowest BCUT2D eigenvalue weighted by Gasteiger charge is -2.30. The van der Waals surface area contributed by atoms with E-state index in [0.29, 0.717) is 29.9 Å². The molecule has 226 valence electrons. The Kier molecular flexibility index (Phi) is 9.08. The first-order valence-electron chi connectivity index (χ1n) is 14.1. The predicted octanol–water partition coefficient (Wildman–Crippen LogP) is 7.82. The van der Waals surface area contributed by atoms with E-state index < -0.39 is 29.5 Å². The molecule has 0 bridgehead atoms. The van der Waals surface area contributed by atoms with Crippen LogP contribution in [0.25, 0.3) is 16.9 Å². The van der Waals surface area contributed by atoms with Crippen LogP contribution in [-0.2, 0) is 23.9 Å².